The maximum absolute atomic E-state index is 11.9. The van der Waals surface area contributed by atoms with Gasteiger partial charge in [-0.25, -0.2) is 4.79 Å². The van der Waals surface area contributed by atoms with E-state index in [0.29, 0.717) is 18.2 Å². The van der Waals surface area contributed by atoms with Gasteiger partial charge in [0.1, 0.15) is 0 Å². The minimum Gasteiger partial charge on any atom is -0.462 e. The van der Waals surface area contributed by atoms with E-state index >= 15 is 0 Å². The van der Waals surface area contributed by atoms with Crippen LogP contribution in [0.15, 0.2) is 18.2 Å². The van der Waals surface area contributed by atoms with Crippen LogP contribution in [0.1, 0.15) is 49.0 Å². The predicted octanol–water partition coefficient (Wildman–Crippen LogP) is 3.84. The molecule has 0 amide bonds. The summed E-state index contributed by atoms with van der Waals surface area (Å²) in [6, 6.07) is 6.55. The molecular weight excluding hydrogens is 365 g/mol. The molecule has 1 aromatic rings. The zero-order valence-electron chi connectivity index (χ0n) is 12.2. The Hall–Kier alpha value is -0.620. The number of halogens is 1. The van der Waals surface area contributed by atoms with E-state index in [1.807, 2.05) is 19.1 Å². The number of piperidine rings is 1. The van der Waals surface area contributed by atoms with Gasteiger partial charge in [-0.15, -0.1) is 0 Å². The van der Waals surface area contributed by atoms with E-state index in [1.165, 1.54) is 24.8 Å². The first-order valence-corrected chi connectivity index (χ1v) is 8.40. The number of nitrogens with zero attached hydrogens (tertiary/aromatic N) is 1. The van der Waals surface area contributed by atoms with Crippen LogP contribution in [-0.4, -0.2) is 30.1 Å². The second-order valence-electron chi connectivity index (χ2n) is 5.31. The monoisotopic (exact) mass is 387 g/mol. The summed E-state index contributed by atoms with van der Waals surface area (Å²) in [5.74, 6) is -0.217. The number of carbonyl (C=O) groups is 1. The molecule has 1 heterocycles. The summed E-state index contributed by atoms with van der Waals surface area (Å²) < 4.78 is 6.15. The molecule has 1 aromatic carbocycles. The summed E-state index contributed by atoms with van der Waals surface area (Å²) in [7, 11) is 0. The highest BCUT2D eigenvalue weighted by Gasteiger charge is 2.20. The highest BCUT2D eigenvalue weighted by Crippen LogP contribution is 2.24. The molecule has 0 bridgehead atoms. The van der Waals surface area contributed by atoms with Gasteiger partial charge >= 0.3 is 5.97 Å². The molecule has 1 aliphatic rings. The second-order valence-corrected chi connectivity index (χ2v) is 6.39. The van der Waals surface area contributed by atoms with Crippen molar-refractivity contribution in [2.24, 2.45) is 0 Å². The van der Waals surface area contributed by atoms with Crippen molar-refractivity contribution in [3.63, 3.8) is 0 Å². The SMILES string of the molecule is CCOC(=O)c1cccc(CN2CCCCC2C)c1I. The van der Waals surface area contributed by atoms with Gasteiger partial charge in [0.15, 0.2) is 0 Å². The molecule has 0 saturated carbocycles. The van der Waals surface area contributed by atoms with Crippen molar-refractivity contribution in [2.45, 2.75) is 45.7 Å². The molecule has 2 rings (SSSR count). The van der Waals surface area contributed by atoms with Gasteiger partial charge < -0.3 is 4.74 Å². The third-order valence-electron chi connectivity index (χ3n) is 3.89. The van der Waals surface area contributed by atoms with E-state index in [0.717, 1.165) is 16.7 Å². The van der Waals surface area contributed by atoms with Crippen LogP contribution in [0.4, 0.5) is 0 Å². The molecule has 0 spiro atoms. The van der Waals surface area contributed by atoms with Crippen LogP contribution in [-0.2, 0) is 11.3 Å². The lowest BCUT2D eigenvalue weighted by molar-refractivity contribution is 0.0524. The lowest BCUT2D eigenvalue weighted by Gasteiger charge is -2.33. The van der Waals surface area contributed by atoms with Crippen molar-refractivity contribution >= 4 is 28.6 Å². The van der Waals surface area contributed by atoms with Crippen LogP contribution in [0.3, 0.4) is 0 Å². The normalized spacial score (nSPS) is 19.9. The molecular formula is C16H22INO2. The first kappa shape index (κ1) is 15.8. The Labute approximate surface area is 134 Å². The van der Waals surface area contributed by atoms with Crippen LogP contribution in [0.5, 0.6) is 0 Å². The number of ether oxygens (including phenoxy) is 1. The molecule has 20 heavy (non-hydrogen) atoms. The summed E-state index contributed by atoms with van der Waals surface area (Å²) in [5, 5.41) is 0. The van der Waals surface area contributed by atoms with Gasteiger partial charge in [-0.2, -0.15) is 0 Å². The Morgan fingerprint density at radius 3 is 2.95 bits per heavy atom. The van der Waals surface area contributed by atoms with Gasteiger partial charge in [-0.3, -0.25) is 4.90 Å². The van der Waals surface area contributed by atoms with Crippen LogP contribution >= 0.6 is 22.6 Å². The van der Waals surface area contributed by atoms with Crippen LogP contribution in [0, 0.1) is 3.57 Å². The fourth-order valence-corrected chi connectivity index (χ4v) is 3.43. The standard InChI is InChI=1S/C16H22INO2/c1-3-20-16(19)14-9-6-8-13(15(14)17)11-18-10-5-4-7-12(18)2/h6,8-9,12H,3-5,7,10-11H2,1-2H3. The third-order valence-corrected chi connectivity index (χ3v) is 5.16. The average Bonchev–Trinajstić information content (AvgIpc) is 2.43. The van der Waals surface area contributed by atoms with Gasteiger partial charge in [0.2, 0.25) is 0 Å². The Bertz CT molecular complexity index is 476. The Kier molecular flexibility index (Phi) is 5.84. The van der Waals surface area contributed by atoms with Gasteiger partial charge in [0.05, 0.1) is 12.2 Å². The minimum absolute atomic E-state index is 0.217. The Morgan fingerprint density at radius 2 is 2.25 bits per heavy atom. The fourth-order valence-electron chi connectivity index (χ4n) is 2.68. The molecule has 0 aromatic heterocycles. The molecule has 1 atom stereocenters. The number of benzene rings is 1. The summed E-state index contributed by atoms with van der Waals surface area (Å²) >= 11 is 2.27. The van der Waals surface area contributed by atoms with E-state index in [2.05, 4.69) is 40.5 Å². The number of carbonyl (C=O) groups excluding carboxylic acids is 1. The summed E-state index contributed by atoms with van der Waals surface area (Å²) in [6.07, 6.45) is 3.88. The molecule has 3 nitrogen and oxygen atoms in total. The van der Waals surface area contributed by atoms with Crippen LogP contribution < -0.4 is 0 Å². The molecule has 1 saturated heterocycles. The van der Waals surface area contributed by atoms with Crippen LogP contribution in [0.2, 0.25) is 0 Å². The van der Waals surface area contributed by atoms with Gasteiger partial charge in [0, 0.05) is 16.2 Å². The summed E-state index contributed by atoms with van der Waals surface area (Å²) in [4.78, 5) is 14.4. The molecule has 0 aliphatic carbocycles. The highest BCUT2D eigenvalue weighted by atomic mass is 127. The fraction of sp³-hybridized carbons (Fsp3) is 0.562. The number of hydrogen-bond donors (Lipinski definition) is 0. The molecule has 4 heteroatoms. The number of likely N-dealkylation sites (tertiary alicyclic amines) is 1. The maximum Gasteiger partial charge on any atom is 0.339 e. The van der Waals surface area contributed by atoms with E-state index in [4.69, 9.17) is 4.74 Å². The largest absolute Gasteiger partial charge is 0.462 e. The maximum atomic E-state index is 11.9. The first-order chi connectivity index (χ1) is 9.63. The topological polar surface area (TPSA) is 29.5 Å². The van der Waals surface area contributed by atoms with Crippen molar-refractivity contribution in [2.75, 3.05) is 13.2 Å². The molecule has 1 fully saturated rings. The third kappa shape index (κ3) is 3.73. The quantitative estimate of drug-likeness (QED) is 0.581. The molecule has 1 aliphatic heterocycles. The Morgan fingerprint density at radius 1 is 1.45 bits per heavy atom. The van der Waals surface area contributed by atoms with Crippen molar-refractivity contribution < 1.29 is 9.53 Å². The lowest BCUT2D eigenvalue weighted by atomic mass is 10.0. The molecule has 110 valence electrons. The van der Waals surface area contributed by atoms with Crippen LogP contribution in [0.25, 0.3) is 0 Å². The van der Waals surface area contributed by atoms with Gasteiger partial charge in [-0.1, -0.05) is 18.6 Å². The van der Waals surface area contributed by atoms with Crippen molar-refractivity contribution in [1.82, 2.24) is 4.90 Å². The lowest BCUT2D eigenvalue weighted by Crippen LogP contribution is -2.37. The molecule has 0 radical (unpaired) electrons. The van der Waals surface area contributed by atoms with Gasteiger partial charge in [0.25, 0.3) is 0 Å². The number of hydrogen-bond acceptors (Lipinski definition) is 3. The number of rotatable bonds is 4. The molecule has 1 unspecified atom stereocenters. The van der Waals surface area contributed by atoms with E-state index < -0.39 is 0 Å². The van der Waals surface area contributed by atoms with Gasteiger partial charge in [-0.05, 0) is 67.5 Å². The average molecular weight is 387 g/mol. The predicted molar refractivity (Wildman–Crippen MR) is 88.8 cm³/mol. The van der Waals surface area contributed by atoms with Crippen molar-refractivity contribution in [3.8, 4) is 0 Å². The summed E-state index contributed by atoms with van der Waals surface area (Å²) in [5.41, 5.74) is 1.92. The second kappa shape index (κ2) is 7.41. The van der Waals surface area contributed by atoms with Crippen molar-refractivity contribution in [1.29, 1.82) is 0 Å². The smallest absolute Gasteiger partial charge is 0.339 e. The van der Waals surface area contributed by atoms with E-state index in [-0.39, 0.29) is 5.97 Å². The minimum atomic E-state index is -0.217. The zero-order chi connectivity index (χ0) is 14.5. The van der Waals surface area contributed by atoms with E-state index in [9.17, 15) is 4.79 Å². The van der Waals surface area contributed by atoms with Crippen molar-refractivity contribution in [3.05, 3.63) is 32.9 Å². The zero-order valence-corrected chi connectivity index (χ0v) is 14.4. The summed E-state index contributed by atoms with van der Waals surface area (Å²) in [6.45, 7) is 6.63. The van der Waals surface area contributed by atoms with E-state index in [1.54, 1.807) is 0 Å². The Balaban J connectivity index is 2.15. The number of esters is 1. The highest BCUT2D eigenvalue weighted by molar-refractivity contribution is 14.1. The first-order valence-electron chi connectivity index (χ1n) is 7.32. The molecule has 0 N–H and O–H groups in total.